The fourth-order valence-electron chi connectivity index (χ4n) is 2.29. The summed E-state index contributed by atoms with van der Waals surface area (Å²) in [5.41, 5.74) is 5.16. The Labute approximate surface area is 111 Å². The maximum atomic E-state index is 9.50. The average molecular weight is 249 g/mol. The maximum absolute atomic E-state index is 9.50. The second-order valence-electron chi connectivity index (χ2n) is 5.69. The van der Waals surface area contributed by atoms with E-state index in [4.69, 9.17) is 0 Å². The predicted molar refractivity (Wildman–Crippen MR) is 77.9 cm³/mol. The number of aliphatic hydroxyl groups is 1. The van der Waals surface area contributed by atoms with Gasteiger partial charge in [0.2, 0.25) is 0 Å². The Kier molecular flexibility index (Phi) is 5.36. The Morgan fingerprint density at radius 3 is 2.28 bits per heavy atom. The normalized spacial score (nSPS) is 14.6. The molecule has 0 radical (unpaired) electrons. The zero-order valence-electron chi connectivity index (χ0n) is 12.4. The van der Waals surface area contributed by atoms with Crippen molar-refractivity contribution in [3.05, 3.63) is 34.4 Å². The third-order valence-electron chi connectivity index (χ3n) is 3.81. The standard InChI is InChI=1S/C16H27NO/c1-6-7-16(5,11-18)17-10-15-9-13(3)12(2)8-14(15)4/h8-9,17-18H,6-7,10-11H2,1-5H3/t16-/m0/s1. The lowest BCUT2D eigenvalue weighted by molar-refractivity contribution is 0.163. The van der Waals surface area contributed by atoms with Crippen LogP contribution in [0.1, 0.15) is 48.9 Å². The Balaban J connectivity index is 2.76. The molecule has 0 fully saturated rings. The van der Waals surface area contributed by atoms with Crippen molar-refractivity contribution in [3.8, 4) is 0 Å². The molecular weight excluding hydrogens is 222 g/mol. The summed E-state index contributed by atoms with van der Waals surface area (Å²) >= 11 is 0. The largest absolute Gasteiger partial charge is 0.394 e. The van der Waals surface area contributed by atoms with Crippen molar-refractivity contribution in [3.63, 3.8) is 0 Å². The number of nitrogens with one attached hydrogen (secondary N) is 1. The van der Waals surface area contributed by atoms with Crippen LogP contribution in [0, 0.1) is 20.8 Å². The molecular formula is C16H27NO. The maximum Gasteiger partial charge on any atom is 0.0610 e. The monoisotopic (exact) mass is 249 g/mol. The highest BCUT2D eigenvalue weighted by Crippen LogP contribution is 2.17. The summed E-state index contributed by atoms with van der Waals surface area (Å²) in [6.07, 6.45) is 2.07. The highest BCUT2D eigenvalue weighted by molar-refractivity contribution is 5.36. The minimum Gasteiger partial charge on any atom is -0.394 e. The number of hydrogen-bond donors (Lipinski definition) is 2. The molecule has 0 saturated heterocycles. The van der Waals surface area contributed by atoms with E-state index >= 15 is 0 Å². The highest BCUT2D eigenvalue weighted by atomic mass is 16.3. The zero-order chi connectivity index (χ0) is 13.8. The van der Waals surface area contributed by atoms with Crippen LogP contribution in [0.3, 0.4) is 0 Å². The second kappa shape index (κ2) is 6.35. The SMILES string of the molecule is CCC[C@@](C)(CO)NCc1cc(C)c(C)cc1C. The van der Waals surface area contributed by atoms with Gasteiger partial charge in [-0.25, -0.2) is 0 Å². The number of rotatable bonds is 6. The van der Waals surface area contributed by atoms with E-state index in [2.05, 4.69) is 52.1 Å². The van der Waals surface area contributed by atoms with Crippen molar-refractivity contribution in [2.45, 2.75) is 59.5 Å². The molecule has 0 aromatic heterocycles. The summed E-state index contributed by atoms with van der Waals surface area (Å²) < 4.78 is 0. The lowest BCUT2D eigenvalue weighted by Gasteiger charge is -2.29. The van der Waals surface area contributed by atoms with Gasteiger partial charge >= 0.3 is 0 Å². The Bertz CT molecular complexity index is 400. The van der Waals surface area contributed by atoms with Gasteiger partial charge in [-0.15, -0.1) is 0 Å². The molecule has 0 saturated carbocycles. The van der Waals surface area contributed by atoms with E-state index in [1.165, 1.54) is 22.3 Å². The molecule has 0 heterocycles. The molecule has 2 N–H and O–H groups in total. The van der Waals surface area contributed by atoms with Gasteiger partial charge in [0.05, 0.1) is 6.61 Å². The van der Waals surface area contributed by atoms with E-state index in [1.54, 1.807) is 0 Å². The third kappa shape index (κ3) is 3.82. The highest BCUT2D eigenvalue weighted by Gasteiger charge is 2.21. The lowest BCUT2D eigenvalue weighted by atomic mass is 9.95. The van der Waals surface area contributed by atoms with Crippen LogP contribution >= 0.6 is 0 Å². The van der Waals surface area contributed by atoms with Crippen LogP contribution in [-0.4, -0.2) is 17.3 Å². The van der Waals surface area contributed by atoms with Crippen molar-refractivity contribution in [1.82, 2.24) is 5.32 Å². The first-order chi connectivity index (χ1) is 8.41. The van der Waals surface area contributed by atoms with Gasteiger partial charge in [0.25, 0.3) is 0 Å². The number of benzene rings is 1. The van der Waals surface area contributed by atoms with E-state index in [0.29, 0.717) is 0 Å². The molecule has 102 valence electrons. The molecule has 0 aliphatic carbocycles. The van der Waals surface area contributed by atoms with E-state index in [1.807, 2.05) is 0 Å². The van der Waals surface area contributed by atoms with Gasteiger partial charge in [-0.3, -0.25) is 0 Å². The smallest absolute Gasteiger partial charge is 0.0610 e. The molecule has 1 rings (SSSR count). The predicted octanol–water partition coefficient (Wildman–Crippen LogP) is 3.25. The van der Waals surface area contributed by atoms with Gasteiger partial charge in [-0.05, 0) is 56.4 Å². The molecule has 2 heteroatoms. The van der Waals surface area contributed by atoms with Crippen LogP contribution in [0.15, 0.2) is 12.1 Å². The van der Waals surface area contributed by atoms with Gasteiger partial charge in [-0.2, -0.15) is 0 Å². The van der Waals surface area contributed by atoms with Crippen molar-refractivity contribution >= 4 is 0 Å². The molecule has 0 amide bonds. The van der Waals surface area contributed by atoms with Gasteiger partial charge in [0.15, 0.2) is 0 Å². The van der Waals surface area contributed by atoms with Gasteiger partial charge in [-0.1, -0.05) is 25.5 Å². The molecule has 0 bridgehead atoms. The Morgan fingerprint density at radius 2 is 1.72 bits per heavy atom. The van der Waals surface area contributed by atoms with Crippen LogP contribution in [0.2, 0.25) is 0 Å². The first-order valence-corrected chi connectivity index (χ1v) is 6.84. The molecule has 1 aromatic carbocycles. The molecule has 0 aliphatic rings. The summed E-state index contributed by atoms with van der Waals surface area (Å²) in [4.78, 5) is 0. The summed E-state index contributed by atoms with van der Waals surface area (Å²) in [5.74, 6) is 0. The molecule has 1 aromatic rings. The van der Waals surface area contributed by atoms with Crippen molar-refractivity contribution in [2.75, 3.05) is 6.61 Å². The zero-order valence-corrected chi connectivity index (χ0v) is 12.4. The van der Waals surface area contributed by atoms with Crippen molar-refractivity contribution in [1.29, 1.82) is 0 Å². The topological polar surface area (TPSA) is 32.3 Å². The molecule has 0 aliphatic heterocycles. The Morgan fingerprint density at radius 1 is 1.11 bits per heavy atom. The number of aliphatic hydroxyl groups excluding tert-OH is 1. The molecule has 1 atom stereocenters. The van der Waals surface area contributed by atoms with E-state index in [-0.39, 0.29) is 12.1 Å². The first-order valence-electron chi connectivity index (χ1n) is 6.84. The van der Waals surface area contributed by atoms with Crippen LogP contribution < -0.4 is 5.32 Å². The first kappa shape index (κ1) is 15.2. The van der Waals surface area contributed by atoms with Crippen LogP contribution in [0.5, 0.6) is 0 Å². The average Bonchev–Trinajstić information content (AvgIpc) is 2.32. The van der Waals surface area contributed by atoms with Crippen molar-refractivity contribution < 1.29 is 5.11 Å². The molecule has 2 nitrogen and oxygen atoms in total. The van der Waals surface area contributed by atoms with Gasteiger partial charge in [0.1, 0.15) is 0 Å². The molecule has 0 spiro atoms. The number of hydrogen-bond acceptors (Lipinski definition) is 2. The molecule has 18 heavy (non-hydrogen) atoms. The van der Waals surface area contributed by atoms with Gasteiger partial charge in [0, 0.05) is 12.1 Å². The lowest BCUT2D eigenvalue weighted by Crippen LogP contribution is -2.45. The van der Waals surface area contributed by atoms with Gasteiger partial charge < -0.3 is 10.4 Å². The minimum atomic E-state index is -0.167. The van der Waals surface area contributed by atoms with Crippen LogP contribution in [-0.2, 0) is 6.54 Å². The summed E-state index contributed by atoms with van der Waals surface area (Å²) in [6.45, 7) is 11.7. The fourth-order valence-corrected chi connectivity index (χ4v) is 2.29. The number of aryl methyl sites for hydroxylation is 3. The Hall–Kier alpha value is -0.860. The third-order valence-corrected chi connectivity index (χ3v) is 3.81. The van der Waals surface area contributed by atoms with Crippen LogP contribution in [0.25, 0.3) is 0 Å². The van der Waals surface area contributed by atoms with Crippen molar-refractivity contribution in [2.24, 2.45) is 0 Å². The molecule has 0 unspecified atom stereocenters. The van der Waals surface area contributed by atoms with E-state index in [0.717, 1.165) is 19.4 Å². The summed E-state index contributed by atoms with van der Waals surface area (Å²) in [6, 6.07) is 4.49. The summed E-state index contributed by atoms with van der Waals surface area (Å²) in [7, 11) is 0. The van der Waals surface area contributed by atoms with E-state index < -0.39 is 0 Å². The summed E-state index contributed by atoms with van der Waals surface area (Å²) in [5, 5.41) is 13.0. The van der Waals surface area contributed by atoms with E-state index in [9.17, 15) is 5.11 Å². The fraction of sp³-hybridized carbons (Fsp3) is 0.625. The quantitative estimate of drug-likeness (QED) is 0.811. The van der Waals surface area contributed by atoms with Crippen LogP contribution in [0.4, 0.5) is 0 Å². The second-order valence-corrected chi connectivity index (χ2v) is 5.69. The minimum absolute atomic E-state index is 0.167.